The zero-order chi connectivity index (χ0) is 17.6. The Kier molecular flexibility index (Phi) is 6.04. The van der Waals surface area contributed by atoms with Crippen LogP contribution in [0.25, 0.3) is 0 Å². The third-order valence-corrected chi connectivity index (χ3v) is 3.46. The minimum absolute atomic E-state index is 0.218. The predicted octanol–water partition coefficient (Wildman–Crippen LogP) is 3.13. The van der Waals surface area contributed by atoms with E-state index < -0.39 is 5.60 Å². The number of benzene rings is 1. The average Bonchev–Trinajstić information content (AvgIpc) is 2.93. The van der Waals surface area contributed by atoms with Crippen LogP contribution in [0.4, 0.5) is 0 Å². The zero-order valence-corrected chi connectivity index (χ0v) is 14.8. The molecule has 0 unspecified atom stereocenters. The third-order valence-electron chi connectivity index (χ3n) is 3.46. The summed E-state index contributed by atoms with van der Waals surface area (Å²) in [6.07, 6.45) is 1.89. The number of hydrogen-bond donors (Lipinski definition) is 1. The number of aromatic nitrogens is 1. The van der Waals surface area contributed by atoms with Crippen LogP contribution in [0.3, 0.4) is 0 Å². The Morgan fingerprint density at radius 1 is 1.12 bits per heavy atom. The summed E-state index contributed by atoms with van der Waals surface area (Å²) in [6.45, 7) is 7.19. The molecule has 0 radical (unpaired) electrons. The Balaban J connectivity index is 1.90. The van der Waals surface area contributed by atoms with Crippen LogP contribution < -0.4 is 10.1 Å². The molecular weight excluding hydrogens is 304 g/mol. The molecular formula is C19H26N2O3. The number of nitrogens with one attached hydrogen (secondary N) is 1. The van der Waals surface area contributed by atoms with Crippen molar-refractivity contribution in [1.29, 1.82) is 0 Å². The largest absolute Gasteiger partial charge is 0.496 e. The summed E-state index contributed by atoms with van der Waals surface area (Å²) in [6, 6.07) is 11.9. The van der Waals surface area contributed by atoms with Gasteiger partial charge in [0.2, 0.25) is 0 Å². The van der Waals surface area contributed by atoms with Gasteiger partial charge >= 0.3 is 5.97 Å². The molecule has 0 aliphatic carbocycles. The molecule has 2 rings (SSSR count). The molecule has 0 amide bonds. The van der Waals surface area contributed by atoms with Crippen LogP contribution in [0, 0.1) is 0 Å². The molecule has 130 valence electrons. The quantitative estimate of drug-likeness (QED) is 0.793. The fraction of sp³-hybridized carbons (Fsp3) is 0.421. The maximum atomic E-state index is 12.0. The van der Waals surface area contributed by atoms with Gasteiger partial charge in [-0.2, -0.15) is 0 Å². The van der Waals surface area contributed by atoms with Gasteiger partial charge in [0, 0.05) is 30.5 Å². The van der Waals surface area contributed by atoms with Gasteiger partial charge < -0.3 is 19.4 Å². The summed E-state index contributed by atoms with van der Waals surface area (Å²) in [7, 11) is 1.67. The predicted molar refractivity (Wildman–Crippen MR) is 93.8 cm³/mol. The van der Waals surface area contributed by atoms with E-state index >= 15 is 0 Å². The van der Waals surface area contributed by atoms with E-state index in [9.17, 15) is 4.79 Å². The van der Waals surface area contributed by atoms with Crippen molar-refractivity contribution >= 4 is 5.97 Å². The van der Waals surface area contributed by atoms with Crippen LogP contribution in [-0.4, -0.2) is 23.2 Å². The van der Waals surface area contributed by atoms with Gasteiger partial charge in [0.05, 0.1) is 7.11 Å². The van der Waals surface area contributed by atoms with Gasteiger partial charge in [0.25, 0.3) is 0 Å². The van der Waals surface area contributed by atoms with E-state index in [-0.39, 0.29) is 12.5 Å². The van der Waals surface area contributed by atoms with E-state index in [2.05, 4.69) is 5.32 Å². The number of rotatable bonds is 7. The number of ether oxygens (including phenoxy) is 2. The Bertz CT molecular complexity index is 671. The minimum atomic E-state index is -0.466. The van der Waals surface area contributed by atoms with Gasteiger partial charge in [-0.05, 0) is 39.0 Å². The summed E-state index contributed by atoms with van der Waals surface area (Å²) in [4.78, 5) is 12.0. The molecule has 0 aliphatic heterocycles. The van der Waals surface area contributed by atoms with Crippen molar-refractivity contribution in [1.82, 2.24) is 9.88 Å². The van der Waals surface area contributed by atoms with E-state index in [0.29, 0.717) is 13.1 Å². The zero-order valence-electron chi connectivity index (χ0n) is 14.8. The fourth-order valence-corrected chi connectivity index (χ4v) is 2.45. The molecule has 1 N–H and O–H groups in total. The lowest BCUT2D eigenvalue weighted by atomic mass is 10.2. The highest BCUT2D eigenvalue weighted by molar-refractivity contribution is 5.69. The van der Waals surface area contributed by atoms with Gasteiger partial charge in [-0.25, -0.2) is 0 Å². The molecule has 1 aromatic heterocycles. The van der Waals surface area contributed by atoms with E-state index in [1.165, 1.54) is 0 Å². The monoisotopic (exact) mass is 330 g/mol. The topological polar surface area (TPSA) is 52.5 Å². The highest BCUT2D eigenvalue weighted by Crippen LogP contribution is 2.17. The first kappa shape index (κ1) is 18.1. The lowest BCUT2D eigenvalue weighted by Gasteiger charge is -2.20. The molecule has 0 saturated carbocycles. The van der Waals surface area contributed by atoms with Crippen molar-refractivity contribution in [3.63, 3.8) is 0 Å². The number of carbonyl (C=O) groups excluding carboxylic acids is 1. The van der Waals surface area contributed by atoms with Gasteiger partial charge in [0.15, 0.2) is 0 Å². The van der Waals surface area contributed by atoms with Crippen molar-refractivity contribution < 1.29 is 14.3 Å². The lowest BCUT2D eigenvalue weighted by molar-refractivity contribution is -0.155. The van der Waals surface area contributed by atoms with Crippen LogP contribution in [0.5, 0.6) is 5.75 Å². The number of esters is 1. The third kappa shape index (κ3) is 5.42. The molecule has 5 nitrogen and oxygen atoms in total. The lowest BCUT2D eigenvalue weighted by Crippen LogP contribution is -2.27. The summed E-state index contributed by atoms with van der Waals surface area (Å²) in [5.41, 5.74) is 1.67. The van der Waals surface area contributed by atoms with Crippen LogP contribution in [0.15, 0.2) is 42.6 Å². The van der Waals surface area contributed by atoms with Crippen LogP contribution in [-0.2, 0) is 29.2 Å². The Labute approximate surface area is 143 Å². The van der Waals surface area contributed by atoms with Crippen molar-refractivity contribution in [2.75, 3.05) is 7.11 Å². The average molecular weight is 330 g/mol. The van der Waals surface area contributed by atoms with Gasteiger partial charge in [-0.3, -0.25) is 4.79 Å². The molecule has 0 fully saturated rings. The summed E-state index contributed by atoms with van der Waals surface area (Å²) < 4.78 is 12.6. The van der Waals surface area contributed by atoms with Gasteiger partial charge in [-0.1, -0.05) is 18.2 Å². The molecule has 24 heavy (non-hydrogen) atoms. The SMILES string of the molecule is COc1ccccc1CNCc1cccn1CC(=O)OC(C)(C)C. The second kappa shape index (κ2) is 8.02. The van der Waals surface area contributed by atoms with Crippen molar-refractivity contribution in [3.8, 4) is 5.75 Å². The van der Waals surface area contributed by atoms with E-state index in [0.717, 1.165) is 17.0 Å². The number of carbonyl (C=O) groups is 1. The Hall–Kier alpha value is -2.27. The first-order chi connectivity index (χ1) is 11.4. The van der Waals surface area contributed by atoms with Gasteiger partial charge in [0.1, 0.15) is 17.9 Å². The van der Waals surface area contributed by atoms with Crippen LogP contribution in [0.1, 0.15) is 32.0 Å². The summed E-state index contributed by atoms with van der Waals surface area (Å²) in [5.74, 6) is 0.638. The fourth-order valence-electron chi connectivity index (χ4n) is 2.45. The molecule has 0 bridgehead atoms. The summed E-state index contributed by atoms with van der Waals surface area (Å²) >= 11 is 0. The molecule has 0 aliphatic rings. The standard InChI is InChI=1S/C19H26N2O3/c1-19(2,3)24-18(22)14-21-11-7-9-16(21)13-20-12-15-8-5-6-10-17(15)23-4/h5-11,20H,12-14H2,1-4H3. The normalized spacial score (nSPS) is 11.3. The first-order valence-corrected chi connectivity index (χ1v) is 8.07. The maximum absolute atomic E-state index is 12.0. The molecule has 1 heterocycles. The van der Waals surface area contributed by atoms with Crippen LogP contribution >= 0.6 is 0 Å². The number of nitrogens with zero attached hydrogens (tertiary/aromatic N) is 1. The van der Waals surface area contributed by atoms with E-state index in [4.69, 9.17) is 9.47 Å². The van der Waals surface area contributed by atoms with Crippen molar-refractivity contribution in [2.24, 2.45) is 0 Å². The molecule has 0 spiro atoms. The highest BCUT2D eigenvalue weighted by atomic mass is 16.6. The first-order valence-electron chi connectivity index (χ1n) is 8.07. The maximum Gasteiger partial charge on any atom is 0.326 e. The highest BCUT2D eigenvalue weighted by Gasteiger charge is 2.17. The number of hydrogen-bond acceptors (Lipinski definition) is 4. The molecule has 2 aromatic rings. The smallest absolute Gasteiger partial charge is 0.326 e. The van der Waals surface area contributed by atoms with E-state index in [1.54, 1.807) is 7.11 Å². The molecule has 5 heteroatoms. The second-order valence-corrected chi connectivity index (χ2v) is 6.63. The summed E-state index contributed by atoms with van der Waals surface area (Å²) in [5, 5.41) is 3.39. The van der Waals surface area contributed by atoms with Crippen molar-refractivity contribution in [2.45, 2.75) is 46.0 Å². The minimum Gasteiger partial charge on any atom is -0.496 e. The number of methoxy groups -OCH3 is 1. The van der Waals surface area contributed by atoms with Crippen LogP contribution in [0.2, 0.25) is 0 Å². The van der Waals surface area contributed by atoms with Gasteiger partial charge in [-0.15, -0.1) is 0 Å². The van der Waals surface area contributed by atoms with E-state index in [1.807, 2.05) is 67.9 Å². The van der Waals surface area contributed by atoms with Crippen molar-refractivity contribution in [3.05, 3.63) is 53.9 Å². The second-order valence-electron chi connectivity index (χ2n) is 6.63. The molecule has 0 atom stereocenters. The molecule has 0 saturated heterocycles. The molecule has 1 aromatic carbocycles. The Morgan fingerprint density at radius 2 is 1.88 bits per heavy atom. The number of para-hydroxylation sites is 1. The Morgan fingerprint density at radius 3 is 2.58 bits per heavy atom.